The molecule has 0 unspecified atom stereocenters. The number of rotatable bonds is 6. The average Bonchev–Trinajstić information content (AvgIpc) is 2.36. The number of carbonyl (C=O) groups excluding carboxylic acids is 1. The summed E-state index contributed by atoms with van der Waals surface area (Å²) in [5.74, 6) is -0.167. The van der Waals surface area contributed by atoms with Crippen LogP contribution in [-0.2, 0) is 16.0 Å². The largest absolute Gasteiger partial charge is 0.469 e. The number of carbonyl (C=O) groups is 1. The van der Waals surface area contributed by atoms with Crippen LogP contribution in [0.2, 0.25) is 0 Å². The van der Waals surface area contributed by atoms with Crippen molar-refractivity contribution in [2.24, 2.45) is 0 Å². The zero-order chi connectivity index (χ0) is 12.7. The number of esters is 1. The van der Waals surface area contributed by atoms with Crippen molar-refractivity contribution in [1.29, 1.82) is 0 Å². The first-order valence-electron chi connectivity index (χ1n) is 6.04. The van der Waals surface area contributed by atoms with E-state index in [-0.39, 0.29) is 5.97 Å². The number of methoxy groups -OCH3 is 1. The lowest BCUT2D eigenvalue weighted by molar-refractivity contribution is -0.140. The van der Waals surface area contributed by atoms with Crippen LogP contribution in [0.25, 0.3) is 0 Å². The Morgan fingerprint density at radius 3 is 2.47 bits per heavy atom. The van der Waals surface area contributed by atoms with Crippen molar-refractivity contribution in [2.45, 2.75) is 26.2 Å². The molecule has 3 heteroatoms. The Labute approximate surface area is 103 Å². The molecule has 0 aromatic heterocycles. The molecule has 0 N–H and O–H groups in total. The molecule has 0 aliphatic heterocycles. The second kappa shape index (κ2) is 6.94. The van der Waals surface area contributed by atoms with Crippen LogP contribution in [0.1, 0.15) is 25.3 Å². The van der Waals surface area contributed by atoms with E-state index in [4.69, 9.17) is 0 Å². The maximum absolute atomic E-state index is 11.0. The van der Waals surface area contributed by atoms with E-state index in [1.54, 1.807) is 0 Å². The molecule has 1 rings (SSSR count). The highest BCUT2D eigenvalue weighted by atomic mass is 16.5. The number of nitrogens with zero attached hydrogens (tertiary/aromatic N) is 1. The van der Waals surface area contributed by atoms with Gasteiger partial charge in [-0.05, 0) is 24.1 Å². The molecule has 0 aliphatic carbocycles. The standard InChI is InChI=1S/C14H21NO2/c1-4-5-12-6-8-13(9-7-12)15(2)11-10-14(16)17-3/h6-9H,4-5,10-11H2,1-3H3. The van der Waals surface area contributed by atoms with Crippen LogP contribution in [0.15, 0.2) is 24.3 Å². The number of aryl methyl sites for hydroxylation is 1. The minimum Gasteiger partial charge on any atom is -0.469 e. The number of anilines is 1. The predicted octanol–water partition coefficient (Wildman–Crippen LogP) is 2.64. The van der Waals surface area contributed by atoms with Gasteiger partial charge in [0.1, 0.15) is 0 Å². The minimum atomic E-state index is -0.167. The van der Waals surface area contributed by atoms with Gasteiger partial charge in [-0.25, -0.2) is 0 Å². The van der Waals surface area contributed by atoms with Crippen LogP contribution in [0.3, 0.4) is 0 Å². The highest BCUT2D eigenvalue weighted by molar-refractivity contribution is 5.70. The fourth-order valence-electron chi connectivity index (χ4n) is 1.70. The Hall–Kier alpha value is -1.51. The Kier molecular flexibility index (Phi) is 5.53. The normalized spacial score (nSPS) is 10.1. The highest BCUT2D eigenvalue weighted by Crippen LogP contribution is 2.15. The lowest BCUT2D eigenvalue weighted by Crippen LogP contribution is -2.21. The van der Waals surface area contributed by atoms with Gasteiger partial charge in [0, 0.05) is 19.3 Å². The molecule has 17 heavy (non-hydrogen) atoms. The van der Waals surface area contributed by atoms with Gasteiger partial charge in [-0.3, -0.25) is 4.79 Å². The van der Waals surface area contributed by atoms with Crippen molar-refractivity contribution in [2.75, 3.05) is 25.6 Å². The second-order valence-corrected chi connectivity index (χ2v) is 4.16. The average molecular weight is 235 g/mol. The smallest absolute Gasteiger partial charge is 0.307 e. The topological polar surface area (TPSA) is 29.5 Å². The Morgan fingerprint density at radius 2 is 1.94 bits per heavy atom. The van der Waals surface area contributed by atoms with E-state index < -0.39 is 0 Å². The van der Waals surface area contributed by atoms with Crippen molar-refractivity contribution in [3.63, 3.8) is 0 Å². The molecule has 94 valence electrons. The van der Waals surface area contributed by atoms with Gasteiger partial charge < -0.3 is 9.64 Å². The Morgan fingerprint density at radius 1 is 1.29 bits per heavy atom. The molecule has 0 bridgehead atoms. The third-order valence-corrected chi connectivity index (χ3v) is 2.79. The molecule has 0 saturated carbocycles. The summed E-state index contributed by atoms with van der Waals surface area (Å²) in [6.07, 6.45) is 2.70. The van der Waals surface area contributed by atoms with Crippen LogP contribution >= 0.6 is 0 Å². The first-order chi connectivity index (χ1) is 8.17. The van der Waals surface area contributed by atoms with E-state index in [0.717, 1.165) is 18.5 Å². The van der Waals surface area contributed by atoms with Gasteiger partial charge >= 0.3 is 5.97 Å². The third-order valence-electron chi connectivity index (χ3n) is 2.79. The molecule has 1 aromatic carbocycles. The zero-order valence-corrected chi connectivity index (χ0v) is 10.9. The number of ether oxygens (including phenoxy) is 1. The van der Waals surface area contributed by atoms with Gasteiger partial charge in [-0.15, -0.1) is 0 Å². The highest BCUT2D eigenvalue weighted by Gasteiger charge is 2.05. The minimum absolute atomic E-state index is 0.167. The molecular formula is C14H21NO2. The van der Waals surface area contributed by atoms with Crippen LogP contribution in [-0.4, -0.2) is 26.7 Å². The summed E-state index contributed by atoms with van der Waals surface area (Å²) in [7, 11) is 3.40. The fourth-order valence-corrected chi connectivity index (χ4v) is 1.70. The SMILES string of the molecule is CCCc1ccc(N(C)CCC(=O)OC)cc1. The predicted molar refractivity (Wildman–Crippen MR) is 70.3 cm³/mol. The zero-order valence-electron chi connectivity index (χ0n) is 10.9. The van der Waals surface area contributed by atoms with Gasteiger partial charge in [-0.2, -0.15) is 0 Å². The van der Waals surface area contributed by atoms with Gasteiger partial charge in [0.15, 0.2) is 0 Å². The summed E-state index contributed by atoms with van der Waals surface area (Å²) >= 11 is 0. The molecule has 0 saturated heterocycles. The summed E-state index contributed by atoms with van der Waals surface area (Å²) < 4.78 is 4.62. The maximum Gasteiger partial charge on any atom is 0.307 e. The Bertz CT molecular complexity index is 346. The lowest BCUT2D eigenvalue weighted by atomic mass is 10.1. The number of hydrogen-bond acceptors (Lipinski definition) is 3. The van der Waals surface area contributed by atoms with E-state index in [0.29, 0.717) is 13.0 Å². The van der Waals surface area contributed by atoms with Crippen molar-refractivity contribution in [1.82, 2.24) is 0 Å². The van der Waals surface area contributed by atoms with Crippen molar-refractivity contribution >= 4 is 11.7 Å². The number of hydrogen-bond donors (Lipinski definition) is 0. The van der Waals surface area contributed by atoms with Gasteiger partial charge in [0.05, 0.1) is 13.5 Å². The third kappa shape index (κ3) is 4.47. The summed E-state index contributed by atoms with van der Waals surface area (Å²) in [6, 6.07) is 8.49. The van der Waals surface area contributed by atoms with Crippen LogP contribution < -0.4 is 4.90 Å². The lowest BCUT2D eigenvalue weighted by Gasteiger charge is -2.18. The van der Waals surface area contributed by atoms with Gasteiger partial charge in [0.2, 0.25) is 0 Å². The van der Waals surface area contributed by atoms with Crippen molar-refractivity contribution in [3.8, 4) is 0 Å². The molecule has 0 aliphatic rings. The van der Waals surface area contributed by atoms with Crippen LogP contribution in [0.4, 0.5) is 5.69 Å². The molecule has 0 spiro atoms. The summed E-state index contributed by atoms with van der Waals surface area (Å²) in [5, 5.41) is 0. The second-order valence-electron chi connectivity index (χ2n) is 4.16. The molecule has 0 amide bonds. The first kappa shape index (κ1) is 13.6. The van der Waals surface area contributed by atoms with E-state index in [1.165, 1.54) is 12.7 Å². The van der Waals surface area contributed by atoms with Crippen molar-refractivity contribution in [3.05, 3.63) is 29.8 Å². The quantitative estimate of drug-likeness (QED) is 0.710. The van der Waals surface area contributed by atoms with E-state index in [2.05, 4.69) is 40.8 Å². The van der Waals surface area contributed by atoms with E-state index >= 15 is 0 Å². The summed E-state index contributed by atoms with van der Waals surface area (Å²) in [6.45, 7) is 2.86. The molecule has 0 radical (unpaired) electrons. The van der Waals surface area contributed by atoms with Crippen LogP contribution in [0, 0.1) is 0 Å². The van der Waals surface area contributed by atoms with Gasteiger partial charge in [0.25, 0.3) is 0 Å². The molecule has 0 fully saturated rings. The van der Waals surface area contributed by atoms with Gasteiger partial charge in [-0.1, -0.05) is 25.5 Å². The fraction of sp³-hybridized carbons (Fsp3) is 0.500. The van der Waals surface area contributed by atoms with Crippen molar-refractivity contribution < 1.29 is 9.53 Å². The molecular weight excluding hydrogens is 214 g/mol. The monoisotopic (exact) mass is 235 g/mol. The van der Waals surface area contributed by atoms with E-state index in [1.807, 2.05) is 7.05 Å². The summed E-state index contributed by atoms with van der Waals surface area (Å²) in [5.41, 5.74) is 2.49. The first-order valence-corrected chi connectivity index (χ1v) is 6.04. The maximum atomic E-state index is 11.0. The van der Waals surface area contributed by atoms with E-state index in [9.17, 15) is 4.79 Å². The molecule has 0 atom stereocenters. The molecule has 1 aromatic rings. The summed E-state index contributed by atoms with van der Waals surface area (Å²) in [4.78, 5) is 13.1. The van der Waals surface area contributed by atoms with Crippen LogP contribution in [0.5, 0.6) is 0 Å². The molecule has 0 heterocycles. The number of benzene rings is 1. The Balaban J connectivity index is 2.51. The molecule has 3 nitrogen and oxygen atoms in total.